The van der Waals surface area contributed by atoms with Crippen LogP contribution in [0.15, 0.2) is 70.3 Å². The van der Waals surface area contributed by atoms with Crippen LogP contribution in [0.25, 0.3) is 0 Å². The fraction of sp³-hybridized carbons (Fsp3) is 0.190. The summed E-state index contributed by atoms with van der Waals surface area (Å²) >= 11 is 1.21. The van der Waals surface area contributed by atoms with Crippen LogP contribution in [0.2, 0.25) is 0 Å². The summed E-state index contributed by atoms with van der Waals surface area (Å²) in [6.45, 7) is 0.629. The van der Waals surface area contributed by atoms with Crippen LogP contribution in [0.5, 0.6) is 0 Å². The van der Waals surface area contributed by atoms with Gasteiger partial charge >= 0.3 is 6.09 Å². The first kappa shape index (κ1) is 19.5. The molecular weight excluding hydrogens is 408 g/mol. The zero-order chi connectivity index (χ0) is 20.3. The fourth-order valence-corrected chi connectivity index (χ4v) is 5.93. The summed E-state index contributed by atoms with van der Waals surface area (Å²) in [5.74, 6) is 0. The van der Waals surface area contributed by atoms with E-state index in [1.54, 1.807) is 29.6 Å². The first-order valence-corrected chi connectivity index (χ1v) is 11.5. The molecule has 0 spiro atoms. The lowest BCUT2D eigenvalue weighted by molar-refractivity contribution is 0.155. The van der Waals surface area contributed by atoms with Crippen LogP contribution in [-0.2, 0) is 27.8 Å². The highest BCUT2D eigenvalue weighted by Crippen LogP contribution is 2.34. The minimum Gasteiger partial charge on any atom is -0.444 e. The number of ether oxygens (including phenoxy) is 1. The molecule has 29 heavy (non-hydrogen) atoms. The van der Waals surface area contributed by atoms with Gasteiger partial charge in [-0.05, 0) is 53.6 Å². The monoisotopic (exact) mass is 428 g/mol. The summed E-state index contributed by atoms with van der Waals surface area (Å²) in [5.41, 5.74) is 3.03. The molecule has 2 aromatic carbocycles. The van der Waals surface area contributed by atoms with E-state index in [0.29, 0.717) is 22.1 Å². The van der Waals surface area contributed by atoms with Crippen LogP contribution in [-0.4, -0.2) is 21.1 Å². The third-order valence-corrected chi connectivity index (χ3v) is 7.84. The standard InChI is InChI=1S/C21H20N2O4S2/c24-21(27-15-16-6-2-1-3-7-16)22-18-10-11-19-17(14-18)8-4-12-23(19)29(25,26)20-9-5-13-28-20/h1-3,5-7,9-11,13-14H,4,8,12,15H2,(H,22,24). The number of nitrogens with one attached hydrogen (secondary N) is 1. The normalized spacial score (nSPS) is 13.6. The number of hydrogen-bond donors (Lipinski definition) is 1. The number of anilines is 2. The lowest BCUT2D eigenvalue weighted by atomic mass is 10.0. The summed E-state index contributed by atoms with van der Waals surface area (Å²) in [7, 11) is -3.57. The van der Waals surface area contributed by atoms with Gasteiger partial charge in [-0.15, -0.1) is 11.3 Å². The van der Waals surface area contributed by atoms with Crippen LogP contribution in [0.3, 0.4) is 0 Å². The number of rotatable bonds is 5. The van der Waals surface area contributed by atoms with Crippen LogP contribution in [0.1, 0.15) is 17.5 Å². The highest BCUT2D eigenvalue weighted by Gasteiger charge is 2.29. The number of carbonyl (C=O) groups excluding carboxylic acids is 1. The smallest absolute Gasteiger partial charge is 0.411 e. The van der Waals surface area contributed by atoms with Crippen molar-refractivity contribution in [2.24, 2.45) is 0 Å². The Morgan fingerprint density at radius 3 is 2.69 bits per heavy atom. The van der Waals surface area contributed by atoms with E-state index in [2.05, 4.69) is 5.32 Å². The second kappa shape index (κ2) is 8.26. The summed E-state index contributed by atoms with van der Waals surface area (Å²) in [5, 5.41) is 4.47. The Morgan fingerprint density at radius 1 is 1.10 bits per heavy atom. The Morgan fingerprint density at radius 2 is 1.93 bits per heavy atom. The Balaban J connectivity index is 1.48. The van der Waals surface area contributed by atoms with Gasteiger partial charge in [-0.2, -0.15) is 0 Å². The average Bonchev–Trinajstić information content (AvgIpc) is 3.28. The van der Waals surface area contributed by atoms with E-state index < -0.39 is 16.1 Å². The minimum absolute atomic E-state index is 0.185. The first-order valence-electron chi connectivity index (χ1n) is 9.21. The lowest BCUT2D eigenvalue weighted by Crippen LogP contribution is -2.35. The summed E-state index contributed by atoms with van der Waals surface area (Å²) in [4.78, 5) is 12.1. The van der Waals surface area contributed by atoms with Gasteiger partial charge in [0.2, 0.25) is 0 Å². The van der Waals surface area contributed by atoms with Crippen molar-refractivity contribution in [3.63, 3.8) is 0 Å². The van der Waals surface area contributed by atoms with Gasteiger partial charge in [0.05, 0.1) is 5.69 Å². The molecule has 2 heterocycles. The quantitative estimate of drug-likeness (QED) is 0.642. The van der Waals surface area contributed by atoms with Crippen molar-refractivity contribution in [1.29, 1.82) is 0 Å². The van der Waals surface area contributed by atoms with Crippen LogP contribution >= 0.6 is 11.3 Å². The van der Waals surface area contributed by atoms with Gasteiger partial charge in [-0.3, -0.25) is 9.62 Å². The number of aryl methyl sites for hydroxylation is 1. The van der Waals surface area contributed by atoms with E-state index in [0.717, 1.165) is 24.0 Å². The van der Waals surface area contributed by atoms with Crippen molar-refractivity contribution in [3.05, 3.63) is 77.2 Å². The molecule has 0 atom stereocenters. The number of thiophene rings is 1. The number of hydrogen-bond acceptors (Lipinski definition) is 5. The SMILES string of the molecule is O=C(Nc1ccc2c(c1)CCCN2S(=O)(=O)c1cccs1)OCc1ccccc1. The Hall–Kier alpha value is -2.84. The number of benzene rings is 2. The number of carbonyl (C=O) groups is 1. The Bertz CT molecular complexity index is 1100. The largest absolute Gasteiger partial charge is 0.444 e. The maximum Gasteiger partial charge on any atom is 0.411 e. The number of fused-ring (bicyclic) bond motifs is 1. The molecule has 8 heteroatoms. The van der Waals surface area contributed by atoms with E-state index in [1.807, 2.05) is 36.4 Å². The van der Waals surface area contributed by atoms with Crippen molar-refractivity contribution in [2.75, 3.05) is 16.2 Å². The number of sulfonamides is 1. The second-order valence-corrected chi connectivity index (χ2v) is 9.68. The van der Waals surface area contributed by atoms with Gasteiger partial charge < -0.3 is 4.74 Å². The average molecular weight is 429 g/mol. The molecule has 6 nitrogen and oxygen atoms in total. The highest BCUT2D eigenvalue weighted by atomic mass is 32.2. The summed E-state index contributed by atoms with van der Waals surface area (Å²) in [6.07, 6.45) is 0.924. The molecule has 1 aliphatic heterocycles. The van der Waals surface area contributed by atoms with E-state index in [4.69, 9.17) is 4.74 Å². The fourth-order valence-electron chi connectivity index (χ4n) is 3.29. The molecule has 0 saturated heterocycles. The zero-order valence-corrected chi connectivity index (χ0v) is 17.2. The summed E-state index contributed by atoms with van der Waals surface area (Å²) in [6, 6.07) is 18.0. The van der Waals surface area contributed by atoms with E-state index in [1.165, 1.54) is 15.6 Å². The van der Waals surface area contributed by atoms with Crippen LogP contribution in [0, 0.1) is 0 Å². The Labute approximate surface area is 173 Å². The van der Waals surface area contributed by atoms with Crippen molar-refractivity contribution in [3.8, 4) is 0 Å². The molecule has 0 bridgehead atoms. The van der Waals surface area contributed by atoms with E-state index in [-0.39, 0.29) is 6.61 Å². The van der Waals surface area contributed by atoms with E-state index in [9.17, 15) is 13.2 Å². The topological polar surface area (TPSA) is 75.7 Å². The highest BCUT2D eigenvalue weighted by molar-refractivity contribution is 7.94. The second-order valence-electron chi connectivity index (χ2n) is 6.64. The molecule has 3 aromatic rings. The molecule has 0 unspecified atom stereocenters. The van der Waals surface area contributed by atoms with Gasteiger partial charge in [-0.1, -0.05) is 36.4 Å². The minimum atomic E-state index is -3.57. The Kier molecular flexibility index (Phi) is 5.55. The van der Waals surface area contributed by atoms with Gasteiger partial charge in [0.15, 0.2) is 0 Å². The molecule has 0 saturated carbocycles. The van der Waals surface area contributed by atoms with Crippen molar-refractivity contribution >= 4 is 38.8 Å². The van der Waals surface area contributed by atoms with Crippen molar-refractivity contribution < 1.29 is 17.9 Å². The predicted octanol–water partition coefficient (Wildman–Crippen LogP) is 4.64. The maximum atomic E-state index is 12.9. The maximum absolute atomic E-state index is 12.9. The van der Waals surface area contributed by atoms with Crippen molar-refractivity contribution in [1.82, 2.24) is 0 Å². The zero-order valence-electron chi connectivity index (χ0n) is 15.6. The lowest BCUT2D eigenvalue weighted by Gasteiger charge is -2.30. The molecule has 0 aliphatic carbocycles. The molecule has 4 rings (SSSR count). The number of amides is 1. The molecule has 150 valence electrons. The summed E-state index contributed by atoms with van der Waals surface area (Å²) < 4.78 is 32.9. The molecule has 1 N–H and O–H groups in total. The van der Waals surface area contributed by atoms with Crippen LogP contribution < -0.4 is 9.62 Å². The third-order valence-electron chi connectivity index (χ3n) is 4.65. The van der Waals surface area contributed by atoms with Gasteiger partial charge in [0, 0.05) is 12.2 Å². The molecule has 0 fully saturated rings. The first-order chi connectivity index (χ1) is 14.0. The van der Waals surface area contributed by atoms with Gasteiger partial charge in [-0.25, -0.2) is 13.2 Å². The number of nitrogens with zero attached hydrogens (tertiary/aromatic N) is 1. The third kappa shape index (κ3) is 4.28. The van der Waals surface area contributed by atoms with E-state index >= 15 is 0 Å². The van der Waals surface area contributed by atoms with Gasteiger partial charge in [0.1, 0.15) is 10.8 Å². The molecule has 1 amide bonds. The predicted molar refractivity (Wildman–Crippen MR) is 114 cm³/mol. The van der Waals surface area contributed by atoms with Crippen molar-refractivity contribution in [2.45, 2.75) is 23.7 Å². The van der Waals surface area contributed by atoms with Gasteiger partial charge in [0.25, 0.3) is 10.0 Å². The molecule has 1 aliphatic rings. The molecular formula is C21H20N2O4S2. The molecule has 1 aromatic heterocycles. The van der Waals surface area contributed by atoms with Crippen LogP contribution in [0.4, 0.5) is 16.2 Å². The molecule has 0 radical (unpaired) electrons.